The largest absolute Gasteiger partial charge is 0.465 e. The van der Waals surface area contributed by atoms with Gasteiger partial charge < -0.3 is 15.8 Å². The Bertz CT molecular complexity index is 546. The standard InChI is InChI=1S/C12H13F3N2O3S2/c1-2-20-10(19)7(9(18)12(13,14)15)8(17-11(16)21)6-3-4-22-5-6/h3-5,7-8H,2H2,1H3,(H3,16,17,21)/t7-,8-/m1/s1. The lowest BCUT2D eigenvalue weighted by Gasteiger charge is -2.26. The van der Waals surface area contributed by atoms with Crippen molar-refractivity contribution in [1.29, 1.82) is 0 Å². The van der Waals surface area contributed by atoms with Gasteiger partial charge in [0.25, 0.3) is 5.78 Å². The molecular weight excluding hydrogens is 341 g/mol. The molecule has 0 amide bonds. The van der Waals surface area contributed by atoms with Crippen LogP contribution in [-0.4, -0.2) is 29.6 Å². The Hall–Kier alpha value is -1.68. The van der Waals surface area contributed by atoms with Crippen LogP contribution in [0.25, 0.3) is 0 Å². The molecule has 0 aromatic carbocycles. The maximum atomic E-state index is 12.8. The summed E-state index contributed by atoms with van der Waals surface area (Å²) >= 11 is 5.81. The van der Waals surface area contributed by atoms with Crippen molar-refractivity contribution in [2.24, 2.45) is 11.7 Å². The van der Waals surface area contributed by atoms with E-state index in [1.54, 1.807) is 5.38 Å². The maximum Gasteiger partial charge on any atom is 0.451 e. The Morgan fingerprint density at radius 1 is 1.50 bits per heavy atom. The number of Topliss-reactive ketones (excluding diaryl/α,β-unsaturated/α-hetero) is 1. The number of ether oxygens (including phenoxy) is 1. The van der Waals surface area contributed by atoms with Crippen molar-refractivity contribution in [3.8, 4) is 0 Å². The van der Waals surface area contributed by atoms with Crippen molar-refractivity contribution in [3.05, 3.63) is 22.4 Å². The van der Waals surface area contributed by atoms with Gasteiger partial charge in [0, 0.05) is 0 Å². The second kappa shape index (κ2) is 7.54. The first kappa shape index (κ1) is 18.4. The van der Waals surface area contributed by atoms with Gasteiger partial charge in [0.1, 0.15) is 5.92 Å². The highest BCUT2D eigenvalue weighted by molar-refractivity contribution is 7.80. The van der Waals surface area contributed by atoms with Gasteiger partial charge in [-0.3, -0.25) is 9.59 Å². The zero-order valence-corrected chi connectivity index (χ0v) is 13.0. The van der Waals surface area contributed by atoms with Crippen LogP contribution in [0.4, 0.5) is 13.2 Å². The predicted octanol–water partition coefficient (Wildman–Crippen LogP) is 1.93. The van der Waals surface area contributed by atoms with Gasteiger partial charge in [-0.1, -0.05) is 0 Å². The smallest absolute Gasteiger partial charge is 0.451 e. The van der Waals surface area contributed by atoms with Gasteiger partial charge in [-0.15, -0.1) is 0 Å². The lowest BCUT2D eigenvalue weighted by molar-refractivity contribution is -0.182. The molecule has 1 rings (SSSR count). The number of thiophene rings is 1. The van der Waals surface area contributed by atoms with Crippen molar-refractivity contribution in [2.75, 3.05) is 6.61 Å². The molecule has 0 radical (unpaired) electrons. The van der Waals surface area contributed by atoms with Crippen LogP contribution in [0.5, 0.6) is 0 Å². The van der Waals surface area contributed by atoms with Gasteiger partial charge in [0.15, 0.2) is 5.11 Å². The van der Waals surface area contributed by atoms with Crippen molar-refractivity contribution in [3.63, 3.8) is 0 Å². The molecule has 0 unspecified atom stereocenters. The number of thiocarbonyl (C=S) groups is 1. The Labute approximate surface area is 133 Å². The van der Waals surface area contributed by atoms with Crippen LogP contribution in [0.1, 0.15) is 18.5 Å². The van der Waals surface area contributed by atoms with Crippen LogP contribution < -0.4 is 11.1 Å². The Morgan fingerprint density at radius 2 is 2.14 bits per heavy atom. The zero-order chi connectivity index (χ0) is 16.9. The molecule has 0 bridgehead atoms. The molecule has 0 spiro atoms. The average Bonchev–Trinajstić information content (AvgIpc) is 2.90. The van der Waals surface area contributed by atoms with E-state index in [2.05, 4.69) is 22.3 Å². The molecule has 10 heteroatoms. The van der Waals surface area contributed by atoms with Crippen LogP contribution in [0.2, 0.25) is 0 Å². The minimum Gasteiger partial charge on any atom is -0.465 e. The molecule has 0 saturated heterocycles. The van der Waals surface area contributed by atoms with Crippen LogP contribution in [0.3, 0.4) is 0 Å². The Balaban J connectivity index is 3.27. The van der Waals surface area contributed by atoms with Crippen molar-refractivity contribution < 1.29 is 27.5 Å². The maximum absolute atomic E-state index is 12.8. The molecule has 0 fully saturated rings. The van der Waals surface area contributed by atoms with Gasteiger partial charge in [-0.05, 0) is 41.5 Å². The third-order valence-electron chi connectivity index (χ3n) is 2.64. The molecule has 0 aliphatic carbocycles. The van der Waals surface area contributed by atoms with Crippen LogP contribution in [-0.2, 0) is 14.3 Å². The molecule has 22 heavy (non-hydrogen) atoms. The first-order valence-corrected chi connectivity index (χ1v) is 7.39. The third-order valence-corrected chi connectivity index (χ3v) is 3.46. The van der Waals surface area contributed by atoms with Crippen molar-refractivity contribution in [1.82, 2.24) is 5.32 Å². The summed E-state index contributed by atoms with van der Waals surface area (Å²) in [5, 5.41) is 5.12. The third kappa shape index (κ3) is 4.67. The predicted molar refractivity (Wildman–Crippen MR) is 78.2 cm³/mol. The number of carbonyl (C=O) groups excluding carboxylic acids is 2. The number of carbonyl (C=O) groups is 2. The van der Waals surface area contributed by atoms with Crippen LogP contribution in [0.15, 0.2) is 16.8 Å². The lowest BCUT2D eigenvalue weighted by atomic mass is 9.90. The zero-order valence-electron chi connectivity index (χ0n) is 11.3. The van der Waals surface area contributed by atoms with Gasteiger partial charge >= 0.3 is 12.1 Å². The molecule has 1 aromatic heterocycles. The summed E-state index contributed by atoms with van der Waals surface area (Å²) in [5.74, 6) is -5.63. The van der Waals surface area contributed by atoms with E-state index in [1.165, 1.54) is 29.7 Å². The number of nitrogens with one attached hydrogen (secondary N) is 1. The summed E-state index contributed by atoms with van der Waals surface area (Å²) in [5.41, 5.74) is 5.59. The topological polar surface area (TPSA) is 81.4 Å². The van der Waals surface area contributed by atoms with Gasteiger partial charge in [0.2, 0.25) is 0 Å². The molecule has 0 aliphatic rings. The summed E-state index contributed by atoms with van der Waals surface area (Å²) in [7, 11) is 0. The fraction of sp³-hybridized carbons (Fsp3) is 0.417. The number of nitrogens with two attached hydrogens (primary N) is 1. The van der Waals surface area contributed by atoms with E-state index in [1.807, 2.05) is 0 Å². The van der Waals surface area contributed by atoms with Gasteiger partial charge in [0.05, 0.1) is 12.6 Å². The minimum atomic E-state index is -5.19. The number of esters is 1. The summed E-state index contributed by atoms with van der Waals surface area (Å²) < 4.78 is 43.0. The molecular formula is C12H13F3N2O3S2. The van der Waals surface area contributed by atoms with E-state index in [9.17, 15) is 22.8 Å². The van der Waals surface area contributed by atoms with Gasteiger partial charge in [-0.25, -0.2) is 0 Å². The molecule has 5 nitrogen and oxygen atoms in total. The van der Waals surface area contributed by atoms with Crippen molar-refractivity contribution in [2.45, 2.75) is 19.1 Å². The molecule has 1 aromatic rings. The van der Waals surface area contributed by atoms with E-state index in [4.69, 9.17) is 5.73 Å². The molecule has 0 saturated carbocycles. The Morgan fingerprint density at radius 3 is 2.55 bits per heavy atom. The van der Waals surface area contributed by atoms with E-state index in [0.29, 0.717) is 0 Å². The van der Waals surface area contributed by atoms with E-state index in [0.717, 1.165) is 0 Å². The van der Waals surface area contributed by atoms with Gasteiger partial charge in [-0.2, -0.15) is 24.5 Å². The second-order valence-corrected chi connectivity index (χ2v) is 5.35. The monoisotopic (exact) mass is 354 g/mol. The van der Waals surface area contributed by atoms with E-state index in [-0.39, 0.29) is 17.3 Å². The van der Waals surface area contributed by atoms with E-state index >= 15 is 0 Å². The molecule has 3 N–H and O–H groups in total. The SMILES string of the molecule is CCOC(=O)[C@@H](C(=O)C(F)(F)F)[C@H](NC(N)=S)c1ccsc1. The highest BCUT2D eigenvalue weighted by Gasteiger charge is 2.50. The Kier molecular flexibility index (Phi) is 6.30. The summed E-state index contributed by atoms with van der Waals surface area (Å²) in [6, 6.07) is 0.119. The molecule has 1 heterocycles. The highest BCUT2D eigenvalue weighted by Crippen LogP contribution is 2.32. The number of hydrogen-bond acceptors (Lipinski definition) is 5. The highest BCUT2D eigenvalue weighted by atomic mass is 32.1. The number of alkyl halides is 3. The number of hydrogen-bond donors (Lipinski definition) is 2. The number of rotatable bonds is 6. The second-order valence-electron chi connectivity index (χ2n) is 4.13. The molecule has 0 aliphatic heterocycles. The average molecular weight is 354 g/mol. The summed E-state index contributed by atoms with van der Waals surface area (Å²) in [6.45, 7) is 1.26. The molecule has 2 atom stereocenters. The normalized spacial score (nSPS) is 14.0. The van der Waals surface area contributed by atoms with Crippen molar-refractivity contribution >= 4 is 40.4 Å². The number of ketones is 1. The first-order chi connectivity index (χ1) is 10.2. The fourth-order valence-electron chi connectivity index (χ4n) is 1.77. The van der Waals surface area contributed by atoms with Crippen LogP contribution in [0, 0.1) is 5.92 Å². The number of halogens is 3. The van der Waals surface area contributed by atoms with E-state index < -0.39 is 29.9 Å². The quantitative estimate of drug-likeness (QED) is 0.462. The van der Waals surface area contributed by atoms with Crippen LogP contribution >= 0.6 is 23.6 Å². The first-order valence-electron chi connectivity index (χ1n) is 6.04. The molecule has 122 valence electrons. The fourth-order valence-corrected chi connectivity index (χ4v) is 2.59. The summed E-state index contributed by atoms with van der Waals surface area (Å²) in [4.78, 5) is 23.5. The minimum absolute atomic E-state index is 0.163. The summed E-state index contributed by atoms with van der Waals surface area (Å²) in [6.07, 6.45) is -5.19. The lowest BCUT2D eigenvalue weighted by Crippen LogP contribution is -2.46.